The van der Waals surface area contributed by atoms with Gasteiger partial charge >= 0.3 is 0 Å². The van der Waals surface area contributed by atoms with E-state index in [9.17, 15) is 14.0 Å². The molecule has 6 heteroatoms. The third kappa shape index (κ3) is 2.76. The molecule has 2 aliphatic heterocycles. The number of fused-ring (bicyclic) bond motifs is 4. The van der Waals surface area contributed by atoms with Crippen molar-refractivity contribution in [3.8, 4) is 0 Å². The van der Waals surface area contributed by atoms with Gasteiger partial charge in [-0.1, -0.05) is 18.2 Å². The van der Waals surface area contributed by atoms with E-state index < -0.39 is 0 Å². The maximum Gasteiger partial charge on any atom is 0.232 e. The van der Waals surface area contributed by atoms with Gasteiger partial charge in [-0.3, -0.25) is 9.59 Å². The number of hydrogen-bond donors (Lipinski definition) is 2. The van der Waals surface area contributed by atoms with Crippen molar-refractivity contribution in [2.45, 2.75) is 31.7 Å². The average molecular weight is 377 g/mol. The minimum absolute atomic E-state index is 0.0357. The van der Waals surface area contributed by atoms with Crippen LogP contribution >= 0.6 is 0 Å². The van der Waals surface area contributed by atoms with Gasteiger partial charge in [0.1, 0.15) is 5.82 Å². The maximum atomic E-state index is 13.7. The molecular weight excluding hydrogens is 357 g/mol. The van der Waals surface area contributed by atoms with Gasteiger partial charge in [-0.2, -0.15) is 0 Å². The Morgan fingerprint density at radius 1 is 1.21 bits per heavy atom. The monoisotopic (exact) mass is 377 g/mol. The highest BCUT2D eigenvalue weighted by molar-refractivity contribution is 6.03. The van der Waals surface area contributed by atoms with Crippen molar-refractivity contribution in [2.24, 2.45) is 0 Å². The number of nitrogens with one attached hydrogen (secondary N) is 2. The van der Waals surface area contributed by atoms with E-state index in [2.05, 4.69) is 10.3 Å². The Hall–Kier alpha value is -3.15. The Kier molecular flexibility index (Phi) is 3.93. The fourth-order valence-electron chi connectivity index (χ4n) is 4.39. The molecule has 0 radical (unpaired) electrons. The van der Waals surface area contributed by atoms with Crippen LogP contribution in [0.5, 0.6) is 0 Å². The zero-order valence-corrected chi connectivity index (χ0v) is 15.3. The van der Waals surface area contributed by atoms with Crippen molar-refractivity contribution >= 4 is 28.4 Å². The summed E-state index contributed by atoms with van der Waals surface area (Å²) in [7, 11) is 0. The molecule has 0 saturated heterocycles. The Labute approximate surface area is 161 Å². The van der Waals surface area contributed by atoms with Crippen molar-refractivity contribution in [3.63, 3.8) is 0 Å². The van der Waals surface area contributed by atoms with Crippen molar-refractivity contribution in [1.82, 2.24) is 9.88 Å². The Bertz CT molecular complexity index is 1100. The average Bonchev–Trinajstić information content (AvgIpc) is 3.22. The molecule has 2 N–H and O–H groups in total. The lowest BCUT2D eigenvalue weighted by Crippen LogP contribution is -2.36. The normalized spacial score (nSPS) is 18.1. The molecule has 3 heterocycles. The van der Waals surface area contributed by atoms with Gasteiger partial charge in [0, 0.05) is 53.8 Å². The van der Waals surface area contributed by atoms with Crippen LogP contribution in [0.4, 0.5) is 10.1 Å². The van der Waals surface area contributed by atoms with Crippen LogP contribution in [0, 0.1) is 5.82 Å². The summed E-state index contributed by atoms with van der Waals surface area (Å²) in [6.45, 7) is 1.11. The van der Waals surface area contributed by atoms with Gasteiger partial charge in [-0.05, 0) is 36.2 Å². The zero-order valence-electron chi connectivity index (χ0n) is 15.3. The number of halogens is 1. The molecule has 0 saturated carbocycles. The molecule has 1 aromatic heterocycles. The molecule has 2 aromatic carbocycles. The summed E-state index contributed by atoms with van der Waals surface area (Å²) in [5, 5.41) is 3.73. The third-order valence-corrected chi connectivity index (χ3v) is 5.85. The lowest BCUT2D eigenvalue weighted by molar-refractivity contribution is -0.132. The van der Waals surface area contributed by atoms with Crippen molar-refractivity contribution in [1.29, 1.82) is 0 Å². The first-order valence-electron chi connectivity index (χ1n) is 9.56. The van der Waals surface area contributed by atoms with Gasteiger partial charge in [0.15, 0.2) is 0 Å². The predicted molar refractivity (Wildman–Crippen MR) is 104 cm³/mol. The number of para-hydroxylation sites is 1. The molecule has 5 rings (SSSR count). The molecule has 0 unspecified atom stereocenters. The number of carbonyl (C=O) groups excluding carboxylic acids is 2. The number of nitrogens with zero attached hydrogens (tertiary/aromatic N) is 1. The summed E-state index contributed by atoms with van der Waals surface area (Å²) in [5.74, 6) is -0.554. The summed E-state index contributed by atoms with van der Waals surface area (Å²) in [6.07, 6.45) is 1.54. The smallest absolute Gasteiger partial charge is 0.232 e. The highest BCUT2D eigenvalue weighted by Gasteiger charge is 2.31. The second-order valence-electron chi connectivity index (χ2n) is 7.51. The van der Waals surface area contributed by atoms with Gasteiger partial charge < -0.3 is 15.2 Å². The highest BCUT2D eigenvalue weighted by atomic mass is 19.1. The number of benzene rings is 2. The third-order valence-electron chi connectivity index (χ3n) is 5.85. The number of carbonyl (C=O) groups is 2. The van der Waals surface area contributed by atoms with Crippen molar-refractivity contribution in [3.05, 3.63) is 65.1 Å². The molecule has 0 spiro atoms. The summed E-state index contributed by atoms with van der Waals surface area (Å²) < 4.78 is 13.7. The molecule has 5 nitrogen and oxygen atoms in total. The minimum atomic E-state index is -0.275. The van der Waals surface area contributed by atoms with Gasteiger partial charge in [0.25, 0.3) is 0 Å². The molecule has 2 amide bonds. The number of amides is 2. The van der Waals surface area contributed by atoms with Gasteiger partial charge in [0.05, 0.1) is 5.92 Å². The van der Waals surface area contributed by atoms with Gasteiger partial charge in [-0.15, -0.1) is 0 Å². The lowest BCUT2D eigenvalue weighted by Gasteiger charge is -2.27. The van der Waals surface area contributed by atoms with E-state index >= 15 is 0 Å². The topological polar surface area (TPSA) is 65.2 Å². The van der Waals surface area contributed by atoms with Crippen LogP contribution in [-0.2, 0) is 22.6 Å². The van der Waals surface area contributed by atoms with Crippen LogP contribution in [-0.4, -0.2) is 28.2 Å². The van der Waals surface area contributed by atoms with E-state index in [-0.39, 0.29) is 23.5 Å². The number of H-pyrrole nitrogens is 1. The van der Waals surface area contributed by atoms with Gasteiger partial charge in [0.2, 0.25) is 11.8 Å². The fraction of sp³-hybridized carbons (Fsp3) is 0.273. The molecule has 28 heavy (non-hydrogen) atoms. The van der Waals surface area contributed by atoms with Crippen LogP contribution in [0.1, 0.15) is 35.6 Å². The molecule has 3 aromatic rings. The second-order valence-corrected chi connectivity index (χ2v) is 7.51. The molecular formula is C22H20FN3O2. The van der Waals surface area contributed by atoms with E-state index in [1.807, 2.05) is 29.2 Å². The Balaban J connectivity index is 1.30. The maximum absolute atomic E-state index is 13.7. The Morgan fingerprint density at radius 2 is 2.07 bits per heavy atom. The quantitative estimate of drug-likeness (QED) is 0.731. The predicted octanol–water partition coefficient (Wildman–Crippen LogP) is 3.71. The van der Waals surface area contributed by atoms with E-state index in [4.69, 9.17) is 0 Å². The van der Waals surface area contributed by atoms with E-state index in [1.165, 1.54) is 12.1 Å². The van der Waals surface area contributed by atoms with E-state index in [0.717, 1.165) is 39.8 Å². The summed E-state index contributed by atoms with van der Waals surface area (Å²) in [6, 6.07) is 12.3. The molecule has 0 fully saturated rings. The fourth-order valence-corrected chi connectivity index (χ4v) is 4.39. The first-order chi connectivity index (χ1) is 13.6. The van der Waals surface area contributed by atoms with E-state index in [1.54, 1.807) is 6.07 Å². The molecule has 0 aliphatic carbocycles. The number of aromatic nitrogens is 1. The number of hydrogen-bond acceptors (Lipinski definition) is 2. The number of anilines is 1. The van der Waals surface area contributed by atoms with Crippen LogP contribution in [0.2, 0.25) is 0 Å². The van der Waals surface area contributed by atoms with E-state index in [0.29, 0.717) is 25.9 Å². The largest absolute Gasteiger partial charge is 0.358 e. The molecule has 2 aliphatic rings. The molecule has 142 valence electrons. The van der Waals surface area contributed by atoms with Crippen LogP contribution in [0.15, 0.2) is 42.5 Å². The van der Waals surface area contributed by atoms with Crippen molar-refractivity contribution < 1.29 is 14.0 Å². The lowest BCUT2D eigenvalue weighted by atomic mass is 9.95. The SMILES string of the molecule is O=C1Nc2ccccc2[C@@H]1CCC(=O)N1CCc2[nH]c3ccc(F)cc3c2C1. The van der Waals surface area contributed by atoms with Crippen LogP contribution in [0.3, 0.4) is 0 Å². The number of aromatic amines is 1. The van der Waals surface area contributed by atoms with Crippen LogP contribution < -0.4 is 5.32 Å². The first-order valence-corrected chi connectivity index (χ1v) is 9.56. The zero-order chi connectivity index (χ0) is 19.3. The van der Waals surface area contributed by atoms with Crippen molar-refractivity contribution in [2.75, 3.05) is 11.9 Å². The molecule has 0 bridgehead atoms. The second kappa shape index (κ2) is 6.48. The first kappa shape index (κ1) is 17.0. The van der Waals surface area contributed by atoms with Gasteiger partial charge in [-0.25, -0.2) is 4.39 Å². The van der Waals surface area contributed by atoms with Crippen LogP contribution in [0.25, 0.3) is 10.9 Å². The number of rotatable bonds is 3. The standard InChI is InChI=1S/C22H20FN3O2/c23-13-5-7-19-16(11-13)17-12-26(10-9-20(17)24-19)21(27)8-6-15-14-3-1-2-4-18(14)25-22(15)28/h1-5,7,11,15,24H,6,8-10,12H2,(H,25,28)/t15-/m0/s1. The summed E-state index contributed by atoms with van der Waals surface area (Å²) >= 11 is 0. The highest BCUT2D eigenvalue weighted by Crippen LogP contribution is 2.35. The summed E-state index contributed by atoms with van der Waals surface area (Å²) in [4.78, 5) is 30.2. The summed E-state index contributed by atoms with van der Waals surface area (Å²) in [5.41, 5.74) is 4.79. The minimum Gasteiger partial charge on any atom is -0.358 e. The molecule has 1 atom stereocenters. The Morgan fingerprint density at radius 3 is 2.96 bits per heavy atom.